The number of aryl methyl sites for hydroxylation is 3. The van der Waals surface area contributed by atoms with Gasteiger partial charge in [-0.1, -0.05) is 29.4 Å². The molecule has 0 bridgehead atoms. The molecule has 0 unspecified atom stereocenters. The van der Waals surface area contributed by atoms with Crippen molar-refractivity contribution in [2.45, 2.75) is 27.3 Å². The zero-order valence-corrected chi connectivity index (χ0v) is 14.2. The zero-order chi connectivity index (χ0) is 18.0. The molecule has 0 atom stereocenters. The SMILES string of the molecule is Cc1noc(-c2cccc(=O)n2CC(=O)Nc2c(C)cccc2C)n1. The Morgan fingerprint density at radius 3 is 2.44 bits per heavy atom. The van der Waals surface area contributed by atoms with Crippen LogP contribution in [0.25, 0.3) is 11.6 Å². The summed E-state index contributed by atoms with van der Waals surface area (Å²) in [5.41, 5.74) is 2.77. The molecule has 0 spiro atoms. The molecule has 25 heavy (non-hydrogen) atoms. The maximum Gasteiger partial charge on any atom is 0.274 e. The molecule has 0 radical (unpaired) electrons. The molecule has 3 rings (SSSR count). The number of aromatic nitrogens is 3. The monoisotopic (exact) mass is 338 g/mol. The summed E-state index contributed by atoms with van der Waals surface area (Å²) in [6, 6.07) is 10.4. The Morgan fingerprint density at radius 1 is 1.12 bits per heavy atom. The van der Waals surface area contributed by atoms with E-state index in [0.717, 1.165) is 16.8 Å². The van der Waals surface area contributed by atoms with Crippen LogP contribution in [-0.4, -0.2) is 20.6 Å². The van der Waals surface area contributed by atoms with Gasteiger partial charge in [0.1, 0.15) is 12.2 Å². The number of rotatable bonds is 4. The second-order valence-electron chi connectivity index (χ2n) is 5.80. The molecular formula is C18H18N4O3. The fourth-order valence-electron chi connectivity index (χ4n) is 2.61. The third-order valence-corrected chi connectivity index (χ3v) is 3.84. The van der Waals surface area contributed by atoms with E-state index in [9.17, 15) is 9.59 Å². The lowest BCUT2D eigenvalue weighted by Gasteiger charge is -2.13. The summed E-state index contributed by atoms with van der Waals surface area (Å²) >= 11 is 0. The average Bonchev–Trinajstić information content (AvgIpc) is 2.99. The molecular weight excluding hydrogens is 320 g/mol. The van der Waals surface area contributed by atoms with Crippen LogP contribution in [0.15, 0.2) is 45.7 Å². The van der Waals surface area contributed by atoms with Crippen molar-refractivity contribution < 1.29 is 9.32 Å². The largest absolute Gasteiger partial charge is 0.332 e. The maximum absolute atomic E-state index is 12.5. The summed E-state index contributed by atoms with van der Waals surface area (Å²) in [5.74, 6) is 0.357. The Balaban J connectivity index is 1.90. The van der Waals surface area contributed by atoms with E-state index in [1.807, 2.05) is 32.0 Å². The van der Waals surface area contributed by atoms with Gasteiger partial charge in [-0.15, -0.1) is 0 Å². The number of anilines is 1. The van der Waals surface area contributed by atoms with Gasteiger partial charge in [0.15, 0.2) is 5.82 Å². The number of amides is 1. The summed E-state index contributed by atoms with van der Waals surface area (Å²) in [4.78, 5) is 28.9. The van der Waals surface area contributed by atoms with E-state index in [0.29, 0.717) is 11.5 Å². The van der Waals surface area contributed by atoms with Crippen LogP contribution in [0.2, 0.25) is 0 Å². The first-order valence-electron chi connectivity index (χ1n) is 7.82. The third-order valence-electron chi connectivity index (χ3n) is 3.84. The van der Waals surface area contributed by atoms with E-state index >= 15 is 0 Å². The van der Waals surface area contributed by atoms with E-state index in [1.165, 1.54) is 10.6 Å². The number of hydrogen-bond donors (Lipinski definition) is 1. The van der Waals surface area contributed by atoms with Gasteiger partial charge >= 0.3 is 0 Å². The van der Waals surface area contributed by atoms with Gasteiger partial charge in [-0.05, 0) is 38.0 Å². The van der Waals surface area contributed by atoms with E-state index in [4.69, 9.17) is 4.52 Å². The second kappa shape index (κ2) is 6.72. The lowest BCUT2D eigenvalue weighted by atomic mass is 10.1. The fraction of sp³-hybridized carbons (Fsp3) is 0.222. The highest BCUT2D eigenvalue weighted by molar-refractivity contribution is 5.92. The molecule has 7 heteroatoms. The van der Waals surface area contributed by atoms with Crippen molar-refractivity contribution in [3.05, 3.63) is 63.7 Å². The van der Waals surface area contributed by atoms with Gasteiger partial charge in [-0.3, -0.25) is 14.2 Å². The molecule has 7 nitrogen and oxygen atoms in total. The molecule has 1 amide bonds. The summed E-state index contributed by atoms with van der Waals surface area (Å²) in [7, 11) is 0. The molecule has 2 aromatic heterocycles. The van der Waals surface area contributed by atoms with Gasteiger partial charge in [-0.2, -0.15) is 4.98 Å². The van der Waals surface area contributed by atoms with Crippen LogP contribution in [0.5, 0.6) is 0 Å². The van der Waals surface area contributed by atoms with Crippen LogP contribution in [0.3, 0.4) is 0 Å². The Kier molecular flexibility index (Phi) is 4.47. The van der Waals surface area contributed by atoms with Crippen LogP contribution in [-0.2, 0) is 11.3 Å². The number of nitrogens with one attached hydrogen (secondary N) is 1. The fourth-order valence-corrected chi connectivity index (χ4v) is 2.61. The minimum Gasteiger partial charge on any atom is -0.332 e. The topological polar surface area (TPSA) is 90.0 Å². The van der Waals surface area contributed by atoms with E-state index in [2.05, 4.69) is 15.5 Å². The number of benzene rings is 1. The molecule has 1 aromatic carbocycles. The predicted octanol–water partition coefficient (Wildman–Crippen LogP) is 2.46. The number of carbonyl (C=O) groups excluding carboxylic acids is 1. The summed E-state index contributed by atoms with van der Waals surface area (Å²) in [6.45, 7) is 5.38. The first kappa shape index (κ1) is 16.6. The predicted molar refractivity (Wildman–Crippen MR) is 93.3 cm³/mol. The van der Waals surface area contributed by atoms with E-state index in [1.54, 1.807) is 19.1 Å². The van der Waals surface area contributed by atoms with Crippen LogP contribution in [0.4, 0.5) is 5.69 Å². The van der Waals surface area contributed by atoms with Crippen LogP contribution in [0.1, 0.15) is 17.0 Å². The number of hydrogen-bond acceptors (Lipinski definition) is 5. The highest BCUT2D eigenvalue weighted by Crippen LogP contribution is 2.20. The van der Waals surface area contributed by atoms with Crippen LogP contribution >= 0.6 is 0 Å². The van der Waals surface area contributed by atoms with Gasteiger partial charge in [0.25, 0.3) is 11.4 Å². The van der Waals surface area contributed by atoms with E-state index < -0.39 is 0 Å². The normalized spacial score (nSPS) is 10.7. The smallest absolute Gasteiger partial charge is 0.274 e. The van der Waals surface area contributed by atoms with Gasteiger partial charge in [0, 0.05) is 11.8 Å². The molecule has 0 aliphatic rings. The minimum absolute atomic E-state index is 0.149. The molecule has 0 fully saturated rings. The molecule has 1 N–H and O–H groups in total. The summed E-state index contributed by atoms with van der Waals surface area (Å²) < 4.78 is 6.45. The standard InChI is InChI=1S/C18H18N4O3/c1-11-6-4-7-12(2)17(11)20-15(23)10-22-14(8-5-9-16(22)24)18-19-13(3)21-25-18/h4-9H,10H2,1-3H3,(H,20,23). The molecule has 0 saturated heterocycles. The second-order valence-corrected chi connectivity index (χ2v) is 5.80. The maximum atomic E-state index is 12.5. The van der Waals surface area contributed by atoms with Crippen molar-refractivity contribution in [2.24, 2.45) is 0 Å². The van der Waals surface area contributed by atoms with Crippen molar-refractivity contribution in [1.82, 2.24) is 14.7 Å². The minimum atomic E-state index is -0.315. The van der Waals surface area contributed by atoms with Crippen molar-refractivity contribution in [2.75, 3.05) is 5.32 Å². The molecule has 128 valence electrons. The molecule has 0 aliphatic heterocycles. The number of pyridine rings is 1. The number of nitrogens with zero attached hydrogens (tertiary/aromatic N) is 3. The Bertz CT molecular complexity index is 968. The molecule has 3 aromatic rings. The highest BCUT2D eigenvalue weighted by atomic mass is 16.5. The van der Waals surface area contributed by atoms with Crippen molar-refractivity contribution in [1.29, 1.82) is 0 Å². The van der Waals surface area contributed by atoms with Gasteiger partial charge < -0.3 is 9.84 Å². The lowest BCUT2D eigenvalue weighted by molar-refractivity contribution is -0.116. The molecule has 0 saturated carbocycles. The lowest BCUT2D eigenvalue weighted by Crippen LogP contribution is -2.28. The number of para-hydroxylation sites is 1. The van der Waals surface area contributed by atoms with Crippen molar-refractivity contribution in [3.63, 3.8) is 0 Å². The first-order valence-corrected chi connectivity index (χ1v) is 7.82. The molecule has 0 aliphatic carbocycles. The Labute approximate surface area is 144 Å². The average molecular weight is 338 g/mol. The Hall–Kier alpha value is -3.22. The van der Waals surface area contributed by atoms with Crippen molar-refractivity contribution >= 4 is 11.6 Å². The van der Waals surface area contributed by atoms with Gasteiger partial charge in [0.05, 0.1) is 0 Å². The molecule has 2 heterocycles. The first-order chi connectivity index (χ1) is 12.0. The van der Waals surface area contributed by atoms with Crippen LogP contribution in [0, 0.1) is 20.8 Å². The quantitative estimate of drug-likeness (QED) is 0.789. The van der Waals surface area contributed by atoms with Crippen molar-refractivity contribution in [3.8, 4) is 11.6 Å². The third kappa shape index (κ3) is 3.50. The van der Waals surface area contributed by atoms with E-state index in [-0.39, 0.29) is 23.9 Å². The van der Waals surface area contributed by atoms with Crippen LogP contribution < -0.4 is 10.9 Å². The Morgan fingerprint density at radius 2 is 1.80 bits per heavy atom. The zero-order valence-electron chi connectivity index (χ0n) is 14.2. The van der Waals surface area contributed by atoms with Gasteiger partial charge in [-0.25, -0.2) is 0 Å². The van der Waals surface area contributed by atoms with Gasteiger partial charge in [0.2, 0.25) is 5.91 Å². The highest BCUT2D eigenvalue weighted by Gasteiger charge is 2.15. The summed E-state index contributed by atoms with van der Waals surface area (Å²) in [6.07, 6.45) is 0. The summed E-state index contributed by atoms with van der Waals surface area (Å²) in [5, 5.41) is 6.60. The number of carbonyl (C=O) groups is 1.